The number of nitrogens with zero attached hydrogens (tertiary/aromatic N) is 1. The lowest BCUT2D eigenvalue weighted by Gasteiger charge is -2.09. The van der Waals surface area contributed by atoms with Crippen LogP contribution in [0.1, 0.15) is 20.3 Å². The fourth-order valence-electron chi connectivity index (χ4n) is 2.05. The Morgan fingerprint density at radius 1 is 1.37 bits per heavy atom. The normalized spacial score (nSPS) is 11.1. The van der Waals surface area contributed by atoms with Gasteiger partial charge in [0.05, 0.1) is 5.52 Å². The quantitative estimate of drug-likeness (QED) is 0.810. The molecule has 0 saturated heterocycles. The molecule has 0 spiro atoms. The van der Waals surface area contributed by atoms with E-state index in [1.807, 2.05) is 35.0 Å². The molecular weight excluding hydrogens is 238 g/mol. The van der Waals surface area contributed by atoms with Gasteiger partial charge < -0.3 is 15.6 Å². The van der Waals surface area contributed by atoms with E-state index in [2.05, 4.69) is 19.2 Å². The largest absolute Gasteiger partial charge is 0.399 e. The average Bonchev–Trinajstić information content (AvgIpc) is 2.71. The van der Waals surface area contributed by atoms with Crippen molar-refractivity contribution < 1.29 is 4.79 Å². The van der Waals surface area contributed by atoms with Crippen LogP contribution in [0, 0.1) is 5.92 Å². The van der Waals surface area contributed by atoms with Gasteiger partial charge >= 0.3 is 0 Å². The Balaban J connectivity index is 2.01. The third kappa shape index (κ3) is 3.50. The number of carbonyl (C=O) groups excluding carboxylic acids is 1. The zero-order valence-electron chi connectivity index (χ0n) is 11.5. The molecule has 0 aliphatic heterocycles. The van der Waals surface area contributed by atoms with Crippen LogP contribution in [-0.4, -0.2) is 17.0 Å². The van der Waals surface area contributed by atoms with Gasteiger partial charge in [0.1, 0.15) is 6.54 Å². The predicted octanol–water partition coefficient (Wildman–Crippen LogP) is 2.39. The van der Waals surface area contributed by atoms with Gasteiger partial charge in [0.15, 0.2) is 0 Å². The molecule has 0 aliphatic carbocycles. The maximum Gasteiger partial charge on any atom is 0.239 e. The van der Waals surface area contributed by atoms with Crippen LogP contribution < -0.4 is 11.1 Å². The van der Waals surface area contributed by atoms with Crippen LogP contribution >= 0.6 is 0 Å². The average molecular weight is 259 g/mol. The molecule has 102 valence electrons. The maximum atomic E-state index is 11.9. The van der Waals surface area contributed by atoms with Crippen molar-refractivity contribution in [3.63, 3.8) is 0 Å². The highest BCUT2D eigenvalue weighted by Gasteiger charge is 2.06. The van der Waals surface area contributed by atoms with E-state index in [9.17, 15) is 4.79 Å². The summed E-state index contributed by atoms with van der Waals surface area (Å²) < 4.78 is 1.93. The minimum absolute atomic E-state index is 0.0422. The van der Waals surface area contributed by atoms with Crippen LogP contribution in [0.4, 0.5) is 5.69 Å². The summed E-state index contributed by atoms with van der Waals surface area (Å²) in [6.07, 6.45) is 2.93. The molecule has 0 atom stereocenters. The summed E-state index contributed by atoms with van der Waals surface area (Å²) in [6, 6.07) is 7.74. The molecule has 1 aromatic heterocycles. The van der Waals surface area contributed by atoms with Crippen molar-refractivity contribution in [2.45, 2.75) is 26.8 Å². The van der Waals surface area contributed by atoms with E-state index in [1.165, 1.54) is 0 Å². The second-order valence-corrected chi connectivity index (χ2v) is 5.29. The molecule has 4 heteroatoms. The highest BCUT2D eigenvalue weighted by molar-refractivity contribution is 5.85. The minimum atomic E-state index is 0.0422. The van der Waals surface area contributed by atoms with Gasteiger partial charge in [0.2, 0.25) is 5.91 Å². The standard InChI is InChI=1S/C15H21N3O/c1-11(2)5-7-17-15(19)10-18-8-6-12-3-4-13(16)9-14(12)18/h3-4,6,8-9,11H,5,7,10,16H2,1-2H3,(H,17,19). The van der Waals surface area contributed by atoms with Gasteiger partial charge in [-0.15, -0.1) is 0 Å². The van der Waals surface area contributed by atoms with E-state index in [1.54, 1.807) is 0 Å². The van der Waals surface area contributed by atoms with Crippen LogP contribution in [0.15, 0.2) is 30.5 Å². The third-order valence-electron chi connectivity index (χ3n) is 3.16. The van der Waals surface area contributed by atoms with Gasteiger partial charge in [-0.3, -0.25) is 4.79 Å². The van der Waals surface area contributed by atoms with Crippen LogP contribution in [0.2, 0.25) is 0 Å². The number of amides is 1. The summed E-state index contributed by atoms with van der Waals surface area (Å²) in [5.74, 6) is 0.646. The highest BCUT2D eigenvalue weighted by atomic mass is 16.1. The molecular formula is C15H21N3O. The van der Waals surface area contributed by atoms with Crippen LogP contribution in [0.5, 0.6) is 0 Å². The van der Waals surface area contributed by atoms with Crippen molar-refractivity contribution >= 4 is 22.5 Å². The Kier molecular flexibility index (Phi) is 4.10. The number of fused-ring (bicyclic) bond motifs is 1. The monoisotopic (exact) mass is 259 g/mol. The molecule has 19 heavy (non-hydrogen) atoms. The molecule has 0 fully saturated rings. The first-order valence-corrected chi connectivity index (χ1v) is 6.67. The van der Waals surface area contributed by atoms with Gasteiger partial charge in [0, 0.05) is 18.4 Å². The molecule has 4 nitrogen and oxygen atoms in total. The number of hydrogen-bond acceptors (Lipinski definition) is 2. The number of rotatable bonds is 5. The Morgan fingerprint density at radius 3 is 2.89 bits per heavy atom. The molecule has 1 amide bonds. The zero-order valence-corrected chi connectivity index (χ0v) is 11.5. The summed E-state index contributed by atoms with van der Waals surface area (Å²) in [6.45, 7) is 5.37. The Morgan fingerprint density at radius 2 is 2.16 bits per heavy atom. The second kappa shape index (κ2) is 5.78. The molecule has 3 N–H and O–H groups in total. The number of benzene rings is 1. The van der Waals surface area contributed by atoms with Crippen molar-refractivity contribution in [1.82, 2.24) is 9.88 Å². The molecule has 2 aromatic rings. The Hall–Kier alpha value is -1.97. The number of hydrogen-bond donors (Lipinski definition) is 2. The molecule has 1 aromatic carbocycles. The fourth-order valence-corrected chi connectivity index (χ4v) is 2.05. The smallest absolute Gasteiger partial charge is 0.239 e. The number of nitrogens with one attached hydrogen (secondary N) is 1. The summed E-state index contributed by atoms with van der Waals surface area (Å²) in [4.78, 5) is 11.9. The summed E-state index contributed by atoms with van der Waals surface area (Å²) in [7, 11) is 0. The second-order valence-electron chi connectivity index (χ2n) is 5.29. The summed E-state index contributed by atoms with van der Waals surface area (Å²) in [5.41, 5.74) is 7.50. The minimum Gasteiger partial charge on any atom is -0.399 e. The maximum absolute atomic E-state index is 11.9. The van der Waals surface area contributed by atoms with Crippen molar-refractivity contribution in [2.24, 2.45) is 5.92 Å². The predicted molar refractivity (Wildman–Crippen MR) is 78.8 cm³/mol. The molecule has 1 heterocycles. The van der Waals surface area contributed by atoms with Gasteiger partial charge in [-0.1, -0.05) is 19.9 Å². The zero-order chi connectivity index (χ0) is 13.8. The molecule has 0 aliphatic rings. The number of nitrogen functional groups attached to an aromatic ring is 1. The van der Waals surface area contributed by atoms with Crippen molar-refractivity contribution in [3.8, 4) is 0 Å². The van der Waals surface area contributed by atoms with Gasteiger partial charge in [-0.25, -0.2) is 0 Å². The number of carbonyl (C=O) groups is 1. The van der Waals surface area contributed by atoms with Crippen molar-refractivity contribution in [1.29, 1.82) is 0 Å². The van der Waals surface area contributed by atoms with Gasteiger partial charge in [0.25, 0.3) is 0 Å². The van der Waals surface area contributed by atoms with Gasteiger partial charge in [-0.05, 0) is 35.9 Å². The molecule has 2 rings (SSSR count). The Labute approximate surface area is 113 Å². The summed E-state index contributed by atoms with van der Waals surface area (Å²) in [5, 5.41) is 4.04. The van der Waals surface area contributed by atoms with E-state index in [4.69, 9.17) is 5.73 Å². The molecule has 0 unspecified atom stereocenters. The molecule has 0 radical (unpaired) electrons. The van der Waals surface area contributed by atoms with Crippen molar-refractivity contribution in [3.05, 3.63) is 30.5 Å². The topological polar surface area (TPSA) is 60.0 Å². The molecule has 0 saturated carbocycles. The first-order chi connectivity index (χ1) is 9.06. The van der Waals surface area contributed by atoms with Crippen LogP contribution in [0.3, 0.4) is 0 Å². The van der Waals surface area contributed by atoms with E-state index in [0.29, 0.717) is 18.2 Å². The Bertz CT molecular complexity index is 572. The third-order valence-corrected chi connectivity index (χ3v) is 3.16. The first kappa shape index (κ1) is 13.5. The van der Waals surface area contributed by atoms with E-state index in [-0.39, 0.29) is 5.91 Å². The van der Waals surface area contributed by atoms with Crippen LogP contribution in [-0.2, 0) is 11.3 Å². The summed E-state index contributed by atoms with van der Waals surface area (Å²) >= 11 is 0. The highest BCUT2D eigenvalue weighted by Crippen LogP contribution is 2.18. The van der Waals surface area contributed by atoms with E-state index in [0.717, 1.165) is 23.9 Å². The van der Waals surface area contributed by atoms with Crippen LogP contribution in [0.25, 0.3) is 10.9 Å². The SMILES string of the molecule is CC(C)CCNC(=O)Cn1ccc2ccc(N)cc21. The number of nitrogens with two attached hydrogens (primary N) is 1. The fraction of sp³-hybridized carbons (Fsp3) is 0.400. The number of aromatic nitrogens is 1. The number of anilines is 1. The molecule has 0 bridgehead atoms. The lowest BCUT2D eigenvalue weighted by atomic mass is 10.1. The lowest BCUT2D eigenvalue weighted by molar-refractivity contribution is -0.121. The van der Waals surface area contributed by atoms with Gasteiger partial charge in [-0.2, -0.15) is 0 Å². The van der Waals surface area contributed by atoms with Crippen molar-refractivity contribution in [2.75, 3.05) is 12.3 Å². The van der Waals surface area contributed by atoms with E-state index < -0.39 is 0 Å². The first-order valence-electron chi connectivity index (χ1n) is 6.67. The van der Waals surface area contributed by atoms with E-state index >= 15 is 0 Å². The lowest BCUT2D eigenvalue weighted by Crippen LogP contribution is -2.28.